The van der Waals surface area contributed by atoms with Crippen LogP contribution in [0, 0.1) is 0 Å². The number of carbonyl (C=O) groups excluding carboxylic acids is 3. The summed E-state index contributed by atoms with van der Waals surface area (Å²) in [6, 6.07) is 3.02. The maximum Gasteiger partial charge on any atom is 0.573 e. The first-order chi connectivity index (χ1) is 10.8. The molecular formula is C14H11F3N2O4. The first-order valence-corrected chi connectivity index (χ1v) is 6.78. The monoisotopic (exact) mass is 328 g/mol. The van der Waals surface area contributed by atoms with Crippen LogP contribution in [0.15, 0.2) is 18.2 Å². The molecular weight excluding hydrogens is 317 g/mol. The van der Waals surface area contributed by atoms with Gasteiger partial charge in [0.25, 0.3) is 5.91 Å². The molecule has 2 aliphatic heterocycles. The topological polar surface area (TPSA) is 75.7 Å². The third kappa shape index (κ3) is 2.86. The molecule has 0 spiro atoms. The van der Waals surface area contributed by atoms with Crippen molar-refractivity contribution in [2.45, 2.75) is 31.8 Å². The molecule has 1 fully saturated rings. The summed E-state index contributed by atoms with van der Waals surface area (Å²) in [5.41, 5.74) is 0.149. The van der Waals surface area contributed by atoms with Crippen molar-refractivity contribution < 1.29 is 32.3 Å². The summed E-state index contributed by atoms with van der Waals surface area (Å²) in [6.07, 6.45) is -4.71. The van der Waals surface area contributed by atoms with E-state index in [1.807, 2.05) is 0 Å². The highest BCUT2D eigenvalue weighted by Crippen LogP contribution is 2.35. The first kappa shape index (κ1) is 15.3. The molecule has 1 atom stereocenters. The van der Waals surface area contributed by atoms with Crippen molar-refractivity contribution in [3.8, 4) is 5.75 Å². The van der Waals surface area contributed by atoms with Crippen molar-refractivity contribution in [2.24, 2.45) is 0 Å². The Labute approximate surface area is 128 Å². The second-order valence-electron chi connectivity index (χ2n) is 5.24. The minimum atomic E-state index is -4.92. The molecule has 2 heterocycles. The third-order valence-corrected chi connectivity index (χ3v) is 3.74. The lowest BCUT2D eigenvalue weighted by Crippen LogP contribution is -2.52. The van der Waals surface area contributed by atoms with Gasteiger partial charge in [0.15, 0.2) is 0 Å². The van der Waals surface area contributed by atoms with E-state index in [1.54, 1.807) is 0 Å². The van der Waals surface area contributed by atoms with E-state index in [4.69, 9.17) is 0 Å². The molecule has 0 aliphatic carbocycles. The van der Waals surface area contributed by atoms with Crippen LogP contribution >= 0.6 is 0 Å². The zero-order chi connectivity index (χ0) is 16.8. The zero-order valence-corrected chi connectivity index (χ0v) is 11.6. The highest BCUT2D eigenvalue weighted by atomic mass is 19.4. The SMILES string of the molecule is O=C1CCC(N2Cc3cccc(OC(F)(F)F)c3C2=O)C(=O)N1. The number of ether oxygens (including phenoxy) is 1. The van der Waals surface area contributed by atoms with Crippen LogP contribution in [0.2, 0.25) is 0 Å². The lowest BCUT2D eigenvalue weighted by molar-refractivity contribution is -0.274. The summed E-state index contributed by atoms with van der Waals surface area (Å²) in [5, 5.41) is 2.12. The maximum atomic E-state index is 12.4. The fourth-order valence-electron chi connectivity index (χ4n) is 2.79. The van der Waals surface area contributed by atoms with Gasteiger partial charge in [-0.05, 0) is 18.1 Å². The van der Waals surface area contributed by atoms with Crippen molar-refractivity contribution >= 4 is 17.7 Å². The van der Waals surface area contributed by atoms with E-state index < -0.39 is 35.9 Å². The van der Waals surface area contributed by atoms with Crippen LogP contribution in [-0.4, -0.2) is 35.0 Å². The van der Waals surface area contributed by atoms with Gasteiger partial charge in [-0.1, -0.05) is 12.1 Å². The predicted molar refractivity (Wildman–Crippen MR) is 69.2 cm³/mol. The Hall–Kier alpha value is -2.58. The Kier molecular flexibility index (Phi) is 3.50. The van der Waals surface area contributed by atoms with Gasteiger partial charge in [0.2, 0.25) is 11.8 Å². The summed E-state index contributed by atoms with van der Waals surface area (Å²) in [7, 11) is 0. The Morgan fingerprint density at radius 2 is 1.96 bits per heavy atom. The van der Waals surface area contributed by atoms with Crippen molar-refractivity contribution in [1.29, 1.82) is 0 Å². The molecule has 1 aromatic carbocycles. The van der Waals surface area contributed by atoms with Gasteiger partial charge in [0, 0.05) is 13.0 Å². The number of nitrogens with one attached hydrogen (secondary N) is 1. The number of alkyl halides is 3. The predicted octanol–water partition coefficient (Wildman–Crippen LogP) is 1.35. The molecule has 3 amide bonds. The first-order valence-electron chi connectivity index (χ1n) is 6.78. The van der Waals surface area contributed by atoms with Crippen molar-refractivity contribution in [3.05, 3.63) is 29.3 Å². The zero-order valence-electron chi connectivity index (χ0n) is 11.6. The Morgan fingerprint density at radius 1 is 1.22 bits per heavy atom. The maximum absolute atomic E-state index is 12.4. The van der Waals surface area contributed by atoms with Crippen LogP contribution in [0.1, 0.15) is 28.8 Å². The Morgan fingerprint density at radius 3 is 2.61 bits per heavy atom. The molecule has 0 bridgehead atoms. The Balaban J connectivity index is 1.89. The highest BCUT2D eigenvalue weighted by molar-refractivity contribution is 6.06. The smallest absolute Gasteiger partial charge is 0.405 e. The fourth-order valence-corrected chi connectivity index (χ4v) is 2.79. The second-order valence-corrected chi connectivity index (χ2v) is 5.24. The summed E-state index contributed by atoms with van der Waals surface area (Å²) < 4.78 is 41.2. The summed E-state index contributed by atoms with van der Waals surface area (Å²) in [5.74, 6) is -2.36. The highest BCUT2D eigenvalue weighted by Gasteiger charge is 2.42. The lowest BCUT2D eigenvalue weighted by atomic mass is 10.0. The van der Waals surface area contributed by atoms with Gasteiger partial charge in [-0.15, -0.1) is 13.2 Å². The normalized spacial score (nSPS) is 21.3. The second kappa shape index (κ2) is 5.25. The number of amides is 3. The molecule has 6 nitrogen and oxygen atoms in total. The molecule has 0 saturated carbocycles. The Bertz CT molecular complexity index is 702. The largest absolute Gasteiger partial charge is 0.573 e. The number of hydrogen-bond donors (Lipinski definition) is 1. The number of benzene rings is 1. The standard InChI is InChI=1S/C14H11F3N2O4/c15-14(16,17)23-9-3-1-2-7-6-19(13(22)11(7)9)8-4-5-10(20)18-12(8)21/h1-3,8H,4-6H2,(H,18,20,21). The number of halogens is 3. The molecule has 23 heavy (non-hydrogen) atoms. The molecule has 1 unspecified atom stereocenters. The van der Waals surface area contributed by atoms with Gasteiger partial charge in [-0.2, -0.15) is 0 Å². The molecule has 1 aromatic rings. The number of rotatable bonds is 2. The molecule has 0 radical (unpaired) electrons. The van der Waals surface area contributed by atoms with E-state index in [0.29, 0.717) is 5.56 Å². The van der Waals surface area contributed by atoms with Crippen LogP contribution in [0.5, 0.6) is 5.75 Å². The number of carbonyl (C=O) groups is 3. The van der Waals surface area contributed by atoms with Gasteiger partial charge in [0.1, 0.15) is 11.8 Å². The summed E-state index contributed by atoms with van der Waals surface area (Å²) in [6.45, 7) is -0.00446. The molecule has 2 aliphatic rings. The van der Waals surface area contributed by atoms with E-state index >= 15 is 0 Å². The summed E-state index contributed by atoms with van der Waals surface area (Å²) in [4.78, 5) is 36.6. The number of imide groups is 1. The minimum absolute atomic E-state index is 0.00446. The fraction of sp³-hybridized carbons (Fsp3) is 0.357. The van der Waals surface area contributed by atoms with Crippen molar-refractivity contribution in [3.63, 3.8) is 0 Å². The quantitative estimate of drug-likeness (QED) is 0.832. The minimum Gasteiger partial charge on any atom is -0.405 e. The van der Waals surface area contributed by atoms with Gasteiger partial charge in [-0.25, -0.2) is 0 Å². The van der Waals surface area contributed by atoms with Crippen LogP contribution in [0.25, 0.3) is 0 Å². The van der Waals surface area contributed by atoms with E-state index in [9.17, 15) is 27.6 Å². The molecule has 0 aromatic heterocycles. The number of piperidine rings is 1. The van der Waals surface area contributed by atoms with E-state index in [1.165, 1.54) is 12.1 Å². The van der Waals surface area contributed by atoms with Crippen LogP contribution < -0.4 is 10.1 Å². The lowest BCUT2D eigenvalue weighted by Gasteiger charge is -2.29. The van der Waals surface area contributed by atoms with Crippen LogP contribution in [0.4, 0.5) is 13.2 Å². The van der Waals surface area contributed by atoms with Gasteiger partial charge >= 0.3 is 6.36 Å². The van der Waals surface area contributed by atoms with Crippen LogP contribution in [0.3, 0.4) is 0 Å². The number of hydrogen-bond acceptors (Lipinski definition) is 4. The number of fused-ring (bicyclic) bond motifs is 1. The van der Waals surface area contributed by atoms with Gasteiger partial charge < -0.3 is 9.64 Å². The van der Waals surface area contributed by atoms with Gasteiger partial charge in [-0.3, -0.25) is 19.7 Å². The molecule has 1 N–H and O–H groups in total. The molecule has 122 valence electrons. The van der Waals surface area contributed by atoms with Gasteiger partial charge in [0.05, 0.1) is 5.56 Å². The van der Waals surface area contributed by atoms with Crippen molar-refractivity contribution in [1.82, 2.24) is 10.2 Å². The molecule has 9 heteroatoms. The summed E-state index contributed by atoms with van der Waals surface area (Å²) >= 11 is 0. The molecule has 1 saturated heterocycles. The van der Waals surface area contributed by atoms with E-state index in [2.05, 4.69) is 10.1 Å². The van der Waals surface area contributed by atoms with Crippen molar-refractivity contribution in [2.75, 3.05) is 0 Å². The van der Waals surface area contributed by atoms with E-state index in [0.717, 1.165) is 11.0 Å². The number of nitrogens with zero attached hydrogens (tertiary/aromatic N) is 1. The van der Waals surface area contributed by atoms with E-state index in [-0.39, 0.29) is 24.9 Å². The molecule has 3 rings (SSSR count). The average Bonchev–Trinajstić information content (AvgIpc) is 2.75. The average molecular weight is 328 g/mol. The van der Waals surface area contributed by atoms with Crippen LogP contribution in [-0.2, 0) is 16.1 Å². The third-order valence-electron chi connectivity index (χ3n) is 3.74.